The van der Waals surface area contributed by atoms with Crippen LogP contribution in [0.2, 0.25) is 0 Å². The summed E-state index contributed by atoms with van der Waals surface area (Å²) in [5.74, 6) is 0.556. The summed E-state index contributed by atoms with van der Waals surface area (Å²) in [6.45, 7) is 1.49. The molecule has 23 heavy (non-hydrogen) atoms. The van der Waals surface area contributed by atoms with Crippen molar-refractivity contribution in [3.8, 4) is 0 Å². The zero-order valence-corrected chi connectivity index (χ0v) is 13.0. The molecular weight excluding hydrogens is 296 g/mol. The van der Waals surface area contributed by atoms with Gasteiger partial charge in [0, 0.05) is 32.5 Å². The van der Waals surface area contributed by atoms with Crippen molar-refractivity contribution >= 4 is 11.7 Å². The molecule has 1 fully saturated rings. The van der Waals surface area contributed by atoms with Gasteiger partial charge in [-0.05, 0) is 12.8 Å². The van der Waals surface area contributed by atoms with E-state index in [-0.39, 0.29) is 12.5 Å². The number of amides is 1. The van der Waals surface area contributed by atoms with Crippen molar-refractivity contribution in [3.05, 3.63) is 36.8 Å². The molecule has 2 aromatic rings. The van der Waals surface area contributed by atoms with Gasteiger partial charge in [-0.15, -0.1) is 0 Å². The lowest BCUT2D eigenvalue weighted by Gasteiger charge is -2.41. The minimum atomic E-state index is -0.972. The second-order valence-corrected chi connectivity index (χ2v) is 5.94. The van der Waals surface area contributed by atoms with E-state index in [0.717, 1.165) is 18.8 Å². The molecule has 1 saturated heterocycles. The van der Waals surface area contributed by atoms with E-state index in [2.05, 4.69) is 19.9 Å². The Morgan fingerprint density at radius 1 is 1.43 bits per heavy atom. The highest BCUT2D eigenvalue weighted by Crippen LogP contribution is 2.25. The third-order valence-corrected chi connectivity index (χ3v) is 4.04. The van der Waals surface area contributed by atoms with Gasteiger partial charge in [-0.3, -0.25) is 9.78 Å². The zero-order chi connectivity index (χ0) is 16.3. The predicted octanol–water partition coefficient (Wildman–Crippen LogP) is 0.303. The monoisotopic (exact) mass is 316 g/mol. The second-order valence-electron chi connectivity index (χ2n) is 5.94. The summed E-state index contributed by atoms with van der Waals surface area (Å²) in [5.41, 5.74) is -0.557. The maximum absolute atomic E-state index is 12.3. The summed E-state index contributed by atoms with van der Waals surface area (Å²) in [7, 11) is 1.68. The Kier molecular flexibility index (Phi) is 4.24. The largest absolute Gasteiger partial charge is 0.386 e. The van der Waals surface area contributed by atoms with Crippen molar-refractivity contribution in [2.45, 2.75) is 18.4 Å². The topological polar surface area (TPSA) is 98.2 Å². The molecule has 1 amide bonds. The van der Waals surface area contributed by atoms with E-state index in [0.29, 0.717) is 18.7 Å². The number of carbonyl (C=O) groups is 1. The van der Waals surface area contributed by atoms with E-state index in [1.807, 2.05) is 4.90 Å². The number of anilines is 1. The highest BCUT2D eigenvalue weighted by Gasteiger charge is 2.36. The summed E-state index contributed by atoms with van der Waals surface area (Å²) in [4.78, 5) is 30.8. The molecule has 3 rings (SSSR count). The van der Waals surface area contributed by atoms with E-state index >= 15 is 0 Å². The highest BCUT2D eigenvalue weighted by molar-refractivity contribution is 5.91. The first-order valence-electron chi connectivity index (χ1n) is 7.55. The standard InChI is InChI=1S/C15H20N6O2/c1-20(14(22)12-7-17-11-19-12)9-15(23)3-2-6-21(10-15)13-8-16-4-5-18-13/h4-5,7-8,11,23H,2-3,6,9-10H2,1H3,(H,17,19). The smallest absolute Gasteiger partial charge is 0.271 e. The average Bonchev–Trinajstić information content (AvgIpc) is 3.09. The Morgan fingerprint density at radius 2 is 2.30 bits per heavy atom. The number of nitrogens with zero attached hydrogens (tertiary/aromatic N) is 5. The number of aromatic nitrogens is 4. The van der Waals surface area contributed by atoms with Gasteiger partial charge in [-0.1, -0.05) is 0 Å². The minimum absolute atomic E-state index is 0.187. The van der Waals surface area contributed by atoms with E-state index < -0.39 is 5.60 Å². The number of carbonyl (C=O) groups excluding carboxylic acids is 1. The van der Waals surface area contributed by atoms with Gasteiger partial charge in [-0.25, -0.2) is 9.97 Å². The highest BCUT2D eigenvalue weighted by atomic mass is 16.3. The lowest BCUT2D eigenvalue weighted by atomic mass is 9.92. The van der Waals surface area contributed by atoms with Crippen LogP contribution in [0.3, 0.4) is 0 Å². The van der Waals surface area contributed by atoms with Crippen LogP contribution in [0.4, 0.5) is 5.82 Å². The van der Waals surface area contributed by atoms with E-state index in [9.17, 15) is 9.90 Å². The lowest BCUT2D eigenvalue weighted by molar-refractivity contribution is -0.000276. The number of piperidine rings is 1. The number of aromatic amines is 1. The number of likely N-dealkylation sites (N-methyl/N-ethyl adjacent to an activating group) is 1. The molecule has 0 spiro atoms. The van der Waals surface area contributed by atoms with Crippen molar-refractivity contribution in [3.63, 3.8) is 0 Å². The number of β-amino-alcohol motifs (C(OH)–C–C–N with tert-alkyl or cyclic N) is 1. The molecule has 1 aliphatic rings. The molecule has 1 unspecified atom stereocenters. The maximum atomic E-state index is 12.3. The van der Waals surface area contributed by atoms with Crippen LogP contribution >= 0.6 is 0 Å². The Balaban J connectivity index is 1.67. The summed E-state index contributed by atoms with van der Waals surface area (Å²) >= 11 is 0. The van der Waals surface area contributed by atoms with Crippen LogP contribution in [-0.2, 0) is 0 Å². The van der Waals surface area contributed by atoms with Gasteiger partial charge in [-0.2, -0.15) is 0 Å². The molecule has 0 aromatic carbocycles. The number of nitrogens with one attached hydrogen (secondary N) is 1. The molecule has 3 heterocycles. The maximum Gasteiger partial charge on any atom is 0.271 e. The minimum Gasteiger partial charge on any atom is -0.386 e. The Hall–Kier alpha value is -2.48. The van der Waals surface area contributed by atoms with Crippen LogP contribution in [0, 0.1) is 0 Å². The van der Waals surface area contributed by atoms with Crippen LogP contribution < -0.4 is 4.90 Å². The SMILES string of the molecule is CN(CC1(O)CCCN(c2cnccn2)C1)C(=O)c1cnc[nH]1. The molecule has 8 nitrogen and oxygen atoms in total. The van der Waals surface area contributed by atoms with Crippen LogP contribution in [0.25, 0.3) is 0 Å². The first kappa shape index (κ1) is 15.4. The quantitative estimate of drug-likeness (QED) is 0.842. The van der Waals surface area contributed by atoms with Crippen LogP contribution in [-0.4, -0.2) is 68.1 Å². The third-order valence-electron chi connectivity index (χ3n) is 4.04. The van der Waals surface area contributed by atoms with Gasteiger partial charge < -0.3 is 19.9 Å². The molecular formula is C15H20N6O2. The number of imidazole rings is 1. The summed E-state index contributed by atoms with van der Waals surface area (Å²) < 4.78 is 0. The van der Waals surface area contributed by atoms with Crippen molar-refractivity contribution in [1.82, 2.24) is 24.8 Å². The molecule has 1 atom stereocenters. The van der Waals surface area contributed by atoms with Crippen LogP contribution in [0.1, 0.15) is 23.3 Å². The summed E-state index contributed by atoms with van der Waals surface area (Å²) in [5, 5.41) is 10.9. The normalized spacial score (nSPS) is 21.2. The number of H-pyrrole nitrogens is 1. The van der Waals surface area contributed by atoms with E-state index in [4.69, 9.17) is 0 Å². The van der Waals surface area contributed by atoms with Crippen molar-refractivity contribution in [1.29, 1.82) is 0 Å². The molecule has 122 valence electrons. The first-order valence-corrected chi connectivity index (χ1v) is 7.55. The molecule has 0 saturated carbocycles. The number of rotatable bonds is 4. The van der Waals surface area contributed by atoms with Gasteiger partial charge in [0.25, 0.3) is 5.91 Å². The number of hydrogen-bond acceptors (Lipinski definition) is 6. The Labute approximate surface area is 134 Å². The van der Waals surface area contributed by atoms with E-state index in [1.54, 1.807) is 25.6 Å². The first-order chi connectivity index (χ1) is 11.1. The molecule has 2 N–H and O–H groups in total. The fraction of sp³-hybridized carbons (Fsp3) is 0.467. The average molecular weight is 316 g/mol. The molecule has 0 radical (unpaired) electrons. The summed E-state index contributed by atoms with van der Waals surface area (Å²) in [6, 6.07) is 0. The fourth-order valence-electron chi connectivity index (χ4n) is 2.98. The van der Waals surface area contributed by atoms with Crippen molar-refractivity contribution in [2.24, 2.45) is 0 Å². The van der Waals surface area contributed by atoms with Gasteiger partial charge in [0.15, 0.2) is 0 Å². The van der Waals surface area contributed by atoms with Crippen LogP contribution in [0.15, 0.2) is 31.1 Å². The number of aliphatic hydroxyl groups is 1. The van der Waals surface area contributed by atoms with Gasteiger partial charge >= 0.3 is 0 Å². The zero-order valence-electron chi connectivity index (χ0n) is 13.0. The van der Waals surface area contributed by atoms with Crippen molar-refractivity contribution < 1.29 is 9.90 Å². The Bertz CT molecular complexity index is 647. The summed E-state index contributed by atoms with van der Waals surface area (Å²) in [6.07, 6.45) is 9.36. The molecule has 2 aromatic heterocycles. The molecule has 0 bridgehead atoms. The third kappa shape index (κ3) is 3.48. The second kappa shape index (κ2) is 6.33. The van der Waals surface area contributed by atoms with Crippen LogP contribution in [0.5, 0.6) is 0 Å². The Morgan fingerprint density at radius 3 is 3.00 bits per heavy atom. The van der Waals surface area contributed by atoms with Gasteiger partial charge in [0.2, 0.25) is 0 Å². The van der Waals surface area contributed by atoms with Crippen molar-refractivity contribution in [2.75, 3.05) is 31.6 Å². The number of hydrogen-bond donors (Lipinski definition) is 2. The molecule has 8 heteroatoms. The predicted molar refractivity (Wildman–Crippen MR) is 84.0 cm³/mol. The molecule has 1 aliphatic heterocycles. The van der Waals surface area contributed by atoms with E-state index in [1.165, 1.54) is 17.4 Å². The van der Waals surface area contributed by atoms with Gasteiger partial charge in [0.1, 0.15) is 11.5 Å². The lowest BCUT2D eigenvalue weighted by Crippen LogP contribution is -2.55. The fourth-order valence-corrected chi connectivity index (χ4v) is 2.98. The van der Waals surface area contributed by atoms with Gasteiger partial charge in [0.05, 0.1) is 30.9 Å². The molecule has 0 aliphatic carbocycles.